The largest absolute Gasteiger partial charge is 0.395 e. The molecule has 0 spiro atoms. The fourth-order valence-corrected chi connectivity index (χ4v) is 2.16. The predicted molar refractivity (Wildman–Crippen MR) is 62.1 cm³/mol. The van der Waals surface area contributed by atoms with Crippen LogP contribution in [0.2, 0.25) is 0 Å². The second-order valence-electron chi connectivity index (χ2n) is 4.61. The quantitative estimate of drug-likeness (QED) is 0.744. The molecule has 0 aromatic heterocycles. The Labute approximate surface area is 97.6 Å². The van der Waals surface area contributed by atoms with Crippen molar-refractivity contribution in [3.8, 4) is 0 Å². The van der Waals surface area contributed by atoms with Crippen LogP contribution in [0.4, 0.5) is 0 Å². The molecule has 0 radical (unpaired) electrons. The standard InChI is InChI=1S/C12H23NO3/c1-10(2)16-9-12(15)13(7-8-14)11-5-3-4-6-11/h10-11,14H,3-9H2,1-2H3. The van der Waals surface area contributed by atoms with Gasteiger partial charge in [-0.2, -0.15) is 0 Å². The van der Waals surface area contributed by atoms with Gasteiger partial charge in [-0.1, -0.05) is 12.8 Å². The van der Waals surface area contributed by atoms with E-state index in [-0.39, 0.29) is 25.2 Å². The van der Waals surface area contributed by atoms with Gasteiger partial charge in [0.05, 0.1) is 12.7 Å². The predicted octanol–water partition coefficient (Wildman–Crippen LogP) is 1.17. The zero-order valence-corrected chi connectivity index (χ0v) is 10.3. The fourth-order valence-electron chi connectivity index (χ4n) is 2.16. The average molecular weight is 229 g/mol. The van der Waals surface area contributed by atoms with Gasteiger partial charge in [0.15, 0.2) is 0 Å². The lowest BCUT2D eigenvalue weighted by Crippen LogP contribution is -2.43. The van der Waals surface area contributed by atoms with Crippen molar-refractivity contribution in [3.63, 3.8) is 0 Å². The molecule has 0 aliphatic heterocycles. The highest BCUT2D eigenvalue weighted by Gasteiger charge is 2.26. The lowest BCUT2D eigenvalue weighted by Gasteiger charge is -2.28. The first kappa shape index (κ1) is 13.5. The van der Waals surface area contributed by atoms with Crippen molar-refractivity contribution in [1.82, 2.24) is 4.90 Å². The van der Waals surface area contributed by atoms with Crippen LogP contribution in [-0.4, -0.2) is 47.8 Å². The minimum atomic E-state index is 0.00894. The molecule has 0 heterocycles. The van der Waals surface area contributed by atoms with E-state index in [0.717, 1.165) is 12.8 Å². The maximum atomic E-state index is 11.9. The van der Waals surface area contributed by atoms with Crippen LogP contribution in [-0.2, 0) is 9.53 Å². The molecule has 0 unspecified atom stereocenters. The van der Waals surface area contributed by atoms with Crippen molar-refractivity contribution in [2.24, 2.45) is 0 Å². The Kier molecular flexibility index (Phi) is 5.77. The number of hydrogen-bond acceptors (Lipinski definition) is 3. The molecule has 1 amide bonds. The van der Waals surface area contributed by atoms with Crippen molar-refractivity contribution in [2.45, 2.75) is 51.7 Å². The third-order valence-electron chi connectivity index (χ3n) is 2.97. The summed E-state index contributed by atoms with van der Waals surface area (Å²) in [5.41, 5.74) is 0. The maximum absolute atomic E-state index is 11.9. The number of carbonyl (C=O) groups excluding carboxylic acids is 1. The molecule has 0 saturated heterocycles. The zero-order chi connectivity index (χ0) is 12.0. The SMILES string of the molecule is CC(C)OCC(=O)N(CCO)C1CCCC1. The van der Waals surface area contributed by atoms with Crippen LogP contribution < -0.4 is 0 Å². The number of ether oxygens (including phenoxy) is 1. The lowest BCUT2D eigenvalue weighted by atomic mass is 10.2. The van der Waals surface area contributed by atoms with Crippen molar-refractivity contribution in [2.75, 3.05) is 19.8 Å². The van der Waals surface area contributed by atoms with Gasteiger partial charge in [-0.15, -0.1) is 0 Å². The maximum Gasteiger partial charge on any atom is 0.248 e. The van der Waals surface area contributed by atoms with E-state index in [9.17, 15) is 4.79 Å². The number of aliphatic hydroxyl groups is 1. The van der Waals surface area contributed by atoms with E-state index >= 15 is 0 Å². The van der Waals surface area contributed by atoms with Crippen LogP contribution in [0.15, 0.2) is 0 Å². The molecule has 0 aromatic carbocycles. The highest BCUT2D eigenvalue weighted by atomic mass is 16.5. The van der Waals surface area contributed by atoms with E-state index in [1.807, 2.05) is 13.8 Å². The summed E-state index contributed by atoms with van der Waals surface area (Å²) >= 11 is 0. The molecule has 1 aliphatic rings. The minimum Gasteiger partial charge on any atom is -0.395 e. The summed E-state index contributed by atoms with van der Waals surface area (Å²) in [6.45, 7) is 4.43. The van der Waals surface area contributed by atoms with Crippen LogP contribution in [0.3, 0.4) is 0 Å². The first-order valence-corrected chi connectivity index (χ1v) is 6.17. The van der Waals surface area contributed by atoms with Crippen molar-refractivity contribution >= 4 is 5.91 Å². The molecule has 1 aliphatic carbocycles. The van der Waals surface area contributed by atoms with Gasteiger partial charge in [0.2, 0.25) is 5.91 Å². The summed E-state index contributed by atoms with van der Waals surface area (Å²) < 4.78 is 5.32. The van der Waals surface area contributed by atoms with E-state index in [4.69, 9.17) is 9.84 Å². The third-order valence-corrected chi connectivity index (χ3v) is 2.97. The van der Waals surface area contributed by atoms with Crippen LogP contribution >= 0.6 is 0 Å². The molecule has 1 fully saturated rings. The van der Waals surface area contributed by atoms with E-state index in [1.54, 1.807) is 4.90 Å². The number of nitrogens with zero attached hydrogens (tertiary/aromatic N) is 1. The molecule has 1 rings (SSSR count). The van der Waals surface area contributed by atoms with Gasteiger partial charge in [0, 0.05) is 12.6 Å². The summed E-state index contributed by atoms with van der Waals surface area (Å²) in [5, 5.41) is 8.99. The van der Waals surface area contributed by atoms with Gasteiger partial charge in [-0.3, -0.25) is 4.79 Å². The van der Waals surface area contributed by atoms with Gasteiger partial charge in [-0.05, 0) is 26.7 Å². The summed E-state index contributed by atoms with van der Waals surface area (Å²) in [6, 6.07) is 0.315. The molecule has 1 N–H and O–H groups in total. The molecule has 4 nitrogen and oxygen atoms in total. The van der Waals surface area contributed by atoms with Crippen LogP contribution in [0, 0.1) is 0 Å². The molecule has 0 aromatic rings. The van der Waals surface area contributed by atoms with Crippen molar-refractivity contribution in [1.29, 1.82) is 0 Å². The smallest absolute Gasteiger partial charge is 0.248 e. The summed E-state index contributed by atoms with van der Waals surface area (Å²) in [5.74, 6) is 0.00894. The van der Waals surface area contributed by atoms with Crippen LogP contribution in [0.5, 0.6) is 0 Å². The van der Waals surface area contributed by atoms with E-state index in [1.165, 1.54) is 12.8 Å². The van der Waals surface area contributed by atoms with Crippen molar-refractivity contribution in [3.05, 3.63) is 0 Å². The Morgan fingerprint density at radius 3 is 2.56 bits per heavy atom. The molecular weight excluding hydrogens is 206 g/mol. The second kappa shape index (κ2) is 6.86. The Bertz CT molecular complexity index is 212. The van der Waals surface area contributed by atoms with Gasteiger partial charge in [-0.25, -0.2) is 0 Å². The van der Waals surface area contributed by atoms with Crippen molar-refractivity contribution < 1.29 is 14.6 Å². The van der Waals surface area contributed by atoms with Gasteiger partial charge in [0.25, 0.3) is 0 Å². The summed E-state index contributed by atoms with van der Waals surface area (Å²) in [7, 11) is 0. The number of aliphatic hydroxyl groups excluding tert-OH is 1. The highest BCUT2D eigenvalue weighted by molar-refractivity contribution is 5.77. The molecule has 4 heteroatoms. The monoisotopic (exact) mass is 229 g/mol. The molecule has 0 bridgehead atoms. The average Bonchev–Trinajstić information content (AvgIpc) is 2.75. The molecule has 1 saturated carbocycles. The van der Waals surface area contributed by atoms with E-state index in [0.29, 0.717) is 12.6 Å². The van der Waals surface area contributed by atoms with Gasteiger partial charge >= 0.3 is 0 Å². The fraction of sp³-hybridized carbons (Fsp3) is 0.917. The Balaban J connectivity index is 2.44. The lowest BCUT2D eigenvalue weighted by molar-refractivity contribution is -0.140. The molecule has 16 heavy (non-hydrogen) atoms. The Hall–Kier alpha value is -0.610. The Morgan fingerprint density at radius 2 is 2.06 bits per heavy atom. The van der Waals surface area contributed by atoms with E-state index in [2.05, 4.69) is 0 Å². The molecule has 0 atom stereocenters. The van der Waals surface area contributed by atoms with Gasteiger partial charge < -0.3 is 14.7 Å². The second-order valence-corrected chi connectivity index (χ2v) is 4.61. The normalized spacial score (nSPS) is 17.0. The summed E-state index contributed by atoms with van der Waals surface area (Å²) in [6.07, 6.45) is 4.57. The first-order chi connectivity index (χ1) is 7.65. The van der Waals surface area contributed by atoms with E-state index < -0.39 is 0 Å². The highest BCUT2D eigenvalue weighted by Crippen LogP contribution is 2.23. The zero-order valence-electron chi connectivity index (χ0n) is 10.3. The van der Waals surface area contributed by atoms with Crippen LogP contribution in [0.25, 0.3) is 0 Å². The molecule has 94 valence electrons. The summed E-state index contributed by atoms with van der Waals surface area (Å²) in [4.78, 5) is 13.7. The number of hydrogen-bond donors (Lipinski definition) is 1. The topological polar surface area (TPSA) is 49.8 Å². The molecular formula is C12H23NO3. The third kappa shape index (κ3) is 4.10. The minimum absolute atomic E-state index is 0.00894. The Morgan fingerprint density at radius 1 is 1.44 bits per heavy atom. The first-order valence-electron chi connectivity index (χ1n) is 6.17. The number of amides is 1. The van der Waals surface area contributed by atoms with Crippen LogP contribution in [0.1, 0.15) is 39.5 Å². The number of carbonyl (C=O) groups is 1. The van der Waals surface area contributed by atoms with Gasteiger partial charge in [0.1, 0.15) is 6.61 Å². The number of rotatable bonds is 6.